The van der Waals surface area contributed by atoms with Crippen LogP contribution in [0.1, 0.15) is 78.8 Å². The van der Waals surface area contributed by atoms with Crippen LogP contribution in [0.15, 0.2) is 42.0 Å². The number of benzene rings is 1. The molecule has 1 fully saturated rings. The summed E-state index contributed by atoms with van der Waals surface area (Å²) in [4.78, 5) is 45.5. The molecular weight excluding hydrogens is 574 g/mol. The molecule has 1 aliphatic heterocycles. The number of carbonyl (C=O) groups is 3. The normalized spacial score (nSPS) is 15.8. The van der Waals surface area contributed by atoms with Crippen LogP contribution >= 0.6 is 11.3 Å². The third-order valence-electron chi connectivity index (χ3n) is 6.96. The number of hydrogen-bond acceptors (Lipinski definition) is 6. The molecule has 2 aromatic heterocycles. The van der Waals surface area contributed by atoms with Crippen LogP contribution in [-0.4, -0.2) is 51.3 Å². The fourth-order valence-corrected chi connectivity index (χ4v) is 5.66. The Morgan fingerprint density at radius 3 is 2.56 bits per heavy atom. The Bertz CT molecular complexity index is 1590. The number of allylic oxidation sites excluding steroid dienone is 1. The van der Waals surface area contributed by atoms with Gasteiger partial charge in [-0.2, -0.15) is 5.26 Å². The number of halogens is 2. The minimum Gasteiger partial charge on any atom is -0.352 e. The molecule has 1 aromatic carbocycles. The number of nitriles is 1. The third kappa shape index (κ3) is 7.65. The number of anilines is 1. The SMILES string of the molecule is CC(C)/C=C(\C#N)C(=O)N1CCC[C@@H]1Cn1c(NC(=O)c2ccc(C(F)F)s2)nc2cc(C(=O)NCC(C)(C)C)ccc21. The number of nitrogens with zero attached hydrogens (tertiary/aromatic N) is 4. The van der Waals surface area contributed by atoms with Crippen molar-refractivity contribution in [3.05, 3.63) is 57.3 Å². The van der Waals surface area contributed by atoms with Gasteiger partial charge in [0, 0.05) is 25.2 Å². The van der Waals surface area contributed by atoms with Crippen LogP contribution in [0.5, 0.6) is 0 Å². The Morgan fingerprint density at radius 1 is 1.19 bits per heavy atom. The van der Waals surface area contributed by atoms with Crippen molar-refractivity contribution in [2.24, 2.45) is 11.3 Å². The number of aromatic nitrogens is 2. The summed E-state index contributed by atoms with van der Waals surface area (Å²) < 4.78 is 28.1. The first kappa shape index (κ1) is 31.8. The van der Waals surface area contributed by atoms with Gasteiger partial charge in [0.25, 0.3) is 24.1 Å². The van der Waals surface area contributed by atoms with Crippen molar-refractivity contribution in [3.8, 4) is 6.07 Å². The number of amides is 3. The van der Waals surface area contributed by atoms with E-state index in [-0.39, 0.29) is 57.0 Å². The molecule has 3 aromatic rings. The largest absolute Gasteiger partial charge is 0.352 e. The van der Waals surface area contributed by atoms with E-state index in [1.165, 1.54) is 12.1 Å². The maximum atomic E-state index is 13.3. The summed E-state index contributed by atoms with van der Waals surface area (Å²) in [5.74, 6) is -1.01. The van der Waals surface area contributed by atoms with E-state index in [0.717, 1.165) is 6.42 Å². The molecule has 9 nitrogen and oxygen atoms in total. The van der Waals surface area contributed by atoms with E-state index in [0.29, 0.717) is 47.4 Å². The fourth-order valence-electron chi connectivity index (χ4n) is 4.90. The lowest BCUT2D eigenvalue weighted by atomic mass is 9.97. The molecule has 0 saturated carbocycles. The molecule has 12 heteroatoms. The summed E-state index contributed by atoms with van der Waals surface area (Å²) >= 11 is 0.701. The van der Waals surface area contributed by atoms with Crippen LogP contribution < -0.4 is 10.6 Å². The van der Waals surface area contributed by atoms with Crippen molar-refractivity contribution in [1.29, 1.82) is 5.26 Å². The Morgan fingerprint density at radius 2 is 1.93 bits per heavy atom. The molecule has 1 saturated heterocycles. The minimum atomic E-state index is -2.69. The molecule has 43 heavy (non-hydrogen) atoms. The van der Waals surface area contributed by atoms with Gasteiger partial charge in [-0.15, -0.1) is 11.3 Å². The predicted molar refractivity (Wildman–Crippen MR) is 162 cm³/mol. The molecule has 4 rings (SSSR count). The molecule has 3 heterocycles. The zero-order chi connectivity index (χ0) is 31.5. The summed E-state index contributed by atoms with van der Waals surface area (Å²) in [5.41, 5.74) is 1.45. The van der Waals surface area contributed by atoms with Gasteiger partial charge in [0.15, 0.2) is 0 Å². The number of alkyl halides is 2. The van der Waals surface area contributed by atoms with Gasteiger partial charge in [-0.25, -0.2) is 13.8 Å². The second-order valence-electron chi connectivity index (χ2n) is 12.2. The smallest absolute Gasteiger partial charge is 0.272 e. The lowest BCUT2D eigenvalue weighted by Gasteiger charge is -2.26. The number of fused-ring (bicyclic) bond motifs is 1. The van der Waals surface area contributed by atoms with E-state index in [9.17, 15) is 28.4 Å². The molecule has 0 radical (unpaired) electrons. The standard InChI is InChI=1S/C31H36F2N6O3S/c1-18(2)13-20(15-34)29(42)38-12-6-7-21(38)16-39-23-9-8-19(27(40)35-17-31(3,4)5)14-22(23)36-30(39)37-28(41)25-11-10-24(43-25)26(32)33/h8-11,13-14,18,21,26H,6-7,12,16-17H2,1-5H3,(H,35,40)(H,36,37,41)/b20-13+/t21-/m1/s1. The Labute approximate surface area is 253 Å². The van der Waals surface area contributed by atoms with Gasteiger partial charge in [0.2, 0.25) is 5.95 Å². The van der Waals surface area contributed by atoms with Gasteiger partial charge in [0.05, 0.1) is 26.8 Å². The van der Waals surface area contributed by atoms with E-state index < -0.39 is 12.3 Å². The zero-order valence-corrected chi connectivity index (χ0v) is 25.7. The summed E-state index contributed by atoms with van der Waals surface area (Å²) in [6.45, 7) is 11.1. The van der Waals surface area contributed by atoms with Crippen LogP contribution in [0.2, 0.25) is 0 Å². The third-order valence-corrected chi connectivity index (χ3v) is 8.05. The molecule has 228 valence electrons. The first-order valence-corrected chi connectivity index (χ1v) is 15.0. The molecule has 1 aliphatic rings. The maximum Gasteiger partial charge on any atom is 0.272 e. The highest BCUT2D eigenvalue weighted by Crippen LogP contribution is 2.30. The highest BCUT2D eigenvalue weighted by molar-refractivity contribution is 7.14. The topological polar surface area (TPSA) is 120 Å². The number of carbonyl (C=O) groups excluding carboxylic acids is 3. The quantitative estimate of drug-likeness (QED) is 0.222. The fraction of sp³-hybridized carbons (Fsp3) is 0.452. The van der Waals surface area contributed by atoms with Gasteiger partial charge >= 0.3 is 0 Å². The average Bonchev–Trinajstić information content (AvgIpc) is 3.69. The van der Waals surface area contributed by atoms with E-state index in [2.05, 4.69) is 15.6 Å². The predicted octanol–water partition coefficient (Wildman–Crippen LogP) is 6.16. The molecule has 0 aliphatic carbocycles. The first-order valence-electron chi connectivity index (χ1n) is 14.2. The van der Waals surface area contributed by atoms with E-state index in [1.807, 2.05) is 40.7 Å². The molecule has 2 N–H and O–H groups in total. The van der Waals surface area contributed by atoms with Crippen molar-refractivity contribution in [1.82, 2.24) is 19.8 Å². The van der Waals surface area contributed by atoms with Crippen molar-refractivity contribution in [3.63, 3.8) is 0 Å². The van der Waals surface area contributed by atoms with Gasteiger partial charge in [-0.1, -0.05) is 40.7 Å². The van der Waals surface area contributed by atoms with Crippen LogP contribution in [0, 0.1) is 22.7 Å². The maximum absolute atomic E-state index is 13.3. The highest BCUT2D eigenvalue weighted by Gasteiger charge is 2.32. The molecule has 0 spiro atoms. The first-order chi connectivity index (χ1) is 20.3. The second kappa shape index (κ2) is 13.0. The van der Waals surface area contributed by atoms with Crippen LogP contribution in [0.4, 0.5) is 14.7 Å². The van der Waals surface area contributed by atoms with Crippen molar-refractivity contribution < 1.29 is 23.2 Å². The van der Waals surface area contributed by atoms with Gasteiger partial charge < -0.3 is 14.8 Å². The summed E-state index contributed by atoms with van der Waals surface area (Å²) in [6, 6.07) is 9.35. The minimum absolute atomic E-state index is 0.0247. The van der Waals surface area contributed by atoms with E-state index in [4.69, 9.17) is 0 Å². The number of nitrogens with one attached hydrogen (secondary N) is 2. The highest BCUT2D eigenvalue weighted by atomic mass is 32.1. The van der Waals surface area contributed by atoms with Crippen molar-refractivity contribution in [2.75, 3.05) is 18.4 Å². The Hall–Kier alpha value is -4.11. The lowest BCUT2D eigenvalue weighted by Crippen LogP contribution is -2.39. The van der Waals surface area contributed by atoms with E-state index in [1.54, 1.807) is 33.7 Å². The number of imidazole rings is 1. The van der Waals surface area contributed by atoms with Gasteiger partial charge in [0.1, 0.15) is 11.6 Å². The summed E-state index contributed by atoms with van der Waals surface area (Å²) in [7, 11) is 0. The molecule has 3 amide bonds. The summed E-state index contributed by atoms with van der Waals surface area (Å²) in [6.07, 6.45) is 0.383. The van der Waals surface area contributed by atoms with Crippen LogP contribution in [0.25, 0.3) is 11.0 Å². The molecular formula is C31H36F2N6O3S. The van der Waals surface area contributed by atoms with Crippen molar-refractivity contribution >= 4 is 46.0 Å². The zero-order valence-electron chi connectivity index (χ0n) is 24.9. The molecule has 0 bridgehead atoms. The number of likely N-dealkylation sites (tertiary alicyclic amines) is 1. The monoisotopic (exact) mass is 610 g/mol. The van der Waals surface area contributed by atoms with Crippen LogP contribution in [-0.2, 0) is 11.3 Å². The Balaban J connectivity index is 1.69. The van der Waals surface area contributed by atoms with Crippen molar-refractivity contribution in [2.45, 2.75) is 66.5 Å². The van der Waals surface area contributed by atoms with Crippen LogP contribution in [0.3, 0.4) is 0 Å². The number of hydrogen-bond donors (Lipinski definition) is 2. The second-order valence-corrected chi connectivity index (χ2v) is 13.3. The average molecular weight is 611 g/mol. The number of rotatable bonds is 9. The van der Waals surface area contributed by atoms with E-state index >= 15 is 0 Å². The molecule has 1 atom stereocenters. The number of thiophene rings is 1. The molecule has 0 unspecified atom stereocenters. The lowest BCUT2D eigenvalue weighted by molar-refractivity contribution is -0.127. The summed E-state index contributed by atoms with van der Waals surface area (Å²) in [5, 5.41) is 15.3. The Kier molecular flexibility index (Phi) is 9.65. The van der Waals surface area contributed by atoms with Gasteiger partial charge in [-0.05, 0) is 54.5 Å². The van der Waals surface area contributed by atoms with Gasteiger partial charge in [-0.3, -0.25) is 19.7 Å².